The molecule has 1 aliphatic heterocycles. The number of likely N-dealkylation sites (N-methyl/N-ethyl adjacent to an activating group) is 1. The lowest BCUT2D eigenvalue weighted by Crippen LogP contribution is -2.40. The number of amides is 1. The van der Waals surface area contributed by atoms with Gasteiger partial charge in [-0.2, -0.15) is 0 Å². The average Bonchev–Trinajstić information content (AvgIpc) is 2.47. The lowest BCUT2D eigenvalue weighted by molar-refractivity contribution is -0.0933. The van der Waals surface area contributed by atoms with Gasteiger partial charge in [0.05, 0.1) is 32.5 Å². The van der Waals surface area contributed by atoms with Gasteiger partial charge in [0, 0.05) is 19.2 Å². The smallest absolute Gasteiger partial charge is 0.253 e. The molecule has 1 amide bonds. The maximum absolute atomic E-state index is 12.2. The lowest BCUT2D eigenvalue weighted by Gasteiger charge is -2.27. The van der Waals surface area contributed by atoms with Gasteiger partial charge in [-0.25, -0.2) is 0 Å². The van der Waals surface area contributed by atoms with Crippen molar-refractivity contribution in [3.63, 3.8) is 0 Å². The summed E-state index contributed by atoms with van der Waals surface area (Å²) < 4.78 is 10.8. The molecule has 104 valence electrons. The van der Waals surface area contributed by atoms with Crippen LogP contribution in [0.25, 0.3) is 0 Å². The van der Waals surface area contributed by atoms with Gasteiger partial charge in [-0.15, -0.1) is 0 Å². The van der Waals surface area contributed by atoms with Crippen LogP contribution >= 0.6 is 0 Å². The highest BCUT2D eigenvalue weighted by atomic mass is 16.6. The molecular formula is C14H19NO4. The fraction of sp³-hybridized carbons (Fsp3) is 0.500. The van der Waals surface area contributed by atoms with E-state index in [9.17, 15) is 4.79 Å². The molecule has 1 unspecified atom stereocenters. The zero-order valence-corrected chi connectivity index (χ0v) is 11.0. The number of aliphatic hydroxyl groups excluding tert-OH is 1. The number of hydrogen-bond donors (Lipinski definition) is 1. The van der Waals surface area contributed by atoms with Gasteiger partial charge in [0.2, 0.25) is 0 Å². The molecule has 1 N–H and O–H groups in total. The molecule has 1 aliphatic rings. The van der Waals surface area contributed by atoms with Crippen LogP contribution in [0.3, 0.4) is 0 Å². The minimum Gasteiger partial charge on any atom is -0.392 e. The predicted molar refractivity (Wildman–Crippen MR) is 69.9 cm³/mol. The third-order valence-corrected chi connectivity index (χ3v) is 3.09. The van der Waals surface area contributed by atoms with E-state index in [0.717, 1.165) is 5.56 Å². The number of nitrogens with zero attached hydrogens (tertiary/aromatic N) is 1. The van der Waals surface area contributed by atoms with E-state index in [-0.39, 0.29) is 18.6 Å². The molecule has 1 heterocycles. The average molecular weight is 265 g/mol. The summed E-state index contributed by atoms with van der Waals surface area (Å²) >= 11 is 0. The third-order valence-electron chi connectivity index (χ3n) is 3.09. The van der Waals surface area contributed by atoms with Crippen LogP contribution in [0.4, 0.5) is 0 Å². The number of carbonyl (C=O) groups excluding carboxylic acids is 1. The molecule has 0 saturated carbocycles. The van der Waals surface area contributed by atoms with Crippen LogP contribution in [-0.4, -0.2) is 55.4 Å². The van der Waals surface area contributed by atoms with Crippen LogP contribution in [0.15, 0.2) is 24.3 Å². The Morgan fingerprint density at radius 3 is 2.68 bits per heavy atom. The minimum absolute atomic E-state index is 0.0163. The van der Waals surface area contributed by atoms with Crippen molar-refractivity contribution in [2.45, 2.75) is 12.7 Å². The summed E-state index contributed by atoms with van der Waals surface area (Å²) in [7, 11) is 1.75. The standard InChI is InChI=1S/C14H19NO4/c1-15(8-13-10-18-6-7-19-13)14(17)12-4-2-11(9-16)3-5-12/h2-5,13,16H,6-10H2,1H3. The van der Waals surface area contributed by atoms with Gasteiger partial charge in [-0.3, -0.25) is 4.79 Å². The van der Waals surface area contributed by atoms with E-state index in [0.29, 0.717) is 31.9 Å². The molecule has 2 rings (SSSR count). The molecule has 19 heavy (non-hydrogen) atoms. The van der Waals surface area contributed by atoms with Gasteiger partial charge in [0.1, 0.15) is 0 Å². The van der Waals surface area contributed by atoms with E-state index in [2.05, 4.69) is 0 Å². The first kappa shape index (κ1) is 14.0. The van der Waals surface area contributed by atoms with Gasteiger partial charge in [-0.05, 0) is 17.7 Å². The molecule has 1 fully saturated rings. The Hall–Kier alpha value is -1.43. The second-order valence-electron chi connectivity index (χ2n) is 4.61. The highest BCUT2D eigenvalue weighted by Crippen LogP contribution is 2.09. The number of hydrogen-bond acceptors (Lipinski definition) is 4. The van der Waals surface area contributed by atoms with Crippen LogP contribution in [0.5, 0.6) is 0 Å². The van der Waals surface area contributed by atoms with Crippen molar-refractivity contribution in [3.8, 4) is 0 Å². The number of carbonyl (C=O) groups is 1. The van der Waals surface area contributed by atoms with Gasteiger partial charge in [0.15, 0.2) is 0 Å². The molecule has 1 saturated heterocycles. The SMILES string of the molecule is CN(CC1COCCO1)C(=O)c1ccc(CO)cc1. The van der Waals surface area contributed by atoms with E-state index >= 15 is 0 Å². The Bertz CT molecular complexity index is 412. The Labute approximate surface area is 112 Å². The van der Waals surface area contributed by atoms with Crippen LogP contribution < -0.4 is 0 Å². The van der Waals surface area contributed by atoms with Crippen LogP contribution in [0.1, 0.15) is 15.9 Å². The van der Waals surface area contributed by atoms with Crippen LogP contribution in [0.2, 0.25) is 0 Å². The Kier molecular flexibility index (Phi) is 4.90. The van der Waals surface area contributed by atoms with Gasteiger partial charge in [0.25, 0.3) is 5.91 Å². The molecule has 1 aromatic rings. The zero-order chi connectivity index (χ0) is 13.7. The zero-order valence-electron chi connectivity index (χ0n) is 11.0. The molecule has 0 aromatic heterocycles. The van der Waals surface area contributed by atoms with E-state index < -0.39 is 0 Å². The van der Waals surface area contributed by atoms with Gasteiger partial charge in [-0.1, -0.05) is 12.1 Å². The number of aliphatic hydroxyl groups is 1. The molecular weight excluding hydrogens is 246 g/mol. The molecule has 0 aliphatic carbocycles. The largest absolute Gasteiger partial charge is 0.392 e. The minimum atomic E-state index is -0.0568. The number of rotatable bonds is 4. The second-order valence-corrected chi connectivity index (χ2v) is 4.61. The molecule has 1 atom stereocenters. The second kappa shape index (κ2) is 6.65. The first-order chi connectivity index (χ1) is 9.20. The van der Waals surface area contributed by atoms with E-state index in [4.69, 9.17) is 14.6 Å². The summed E-state index contributed by atoms with van der Waals surface area (Å²) in [4.78, 5) is 13.8. The summed E-state index contributed by atoms with van der Waals surface area (Å²) in [6.45, 7) is 2.23. The Morgan fingerprint density at radius 2 is 2.11 bits per heavy atom. The summed E-state index contributed by atoms with van der Waals surface area (Å²) in [6, 6.07) is 6.95. The summed E-state index contributed by atoms with van der Waals surface area (Å²) in [5, 5.41) is 8.97. The number of benzene rings is 1. The lowest BCUT2D eigenvalue weighted by atomic mass is 10.1. The first-order valence-corrected chi connectivity index (χ1v) is 6.35. The highest BCUT2D eigenvalue weighted by molar-refractivity contribution is 5.94. The molecule has 0 spiro atoms. The molecule has 0 bridgehead atoms. The van der Waals surface area contributed by atoms with Crippen molar-refractivity contribution in [2.24, 2.45) is 0 Å². The van der Waals surface area contributed by atoms with Crippen LogP contribution in [0, 0.1) is 0 Å². The summed E-state index contributed by atoms with van der Waals surface area (Å²) in [5.41, 5.74) is 1.40. The Balaban J connectivity index is 1.93. The Morgan fingerprint density at radius 1 is 1.37 bits per heavy atom. The normalized spacial score (nSPS) is 19.2. The molecule has 1 aromatic carbocycles. The number of ether oxygens (including phenoxy) is 2. The quantitative estimate of drug-likeness (QED) is 0.869. The van der Waals surface area contributed by atoms with Crippen molar-refractivity contribution < 1.29 is 19.4 Å². The summed E-state index contributed by atoms with van der Waals surface area (Å²) in [6.07, 6.45) is -0.0561. The van der Waals surface area contributed by atoms with Crippen molar-refractivity contribution >= 4 is 5.91 Å². The van der Waals surface area contributed by atoms with E-state index in [1.54, 1.807) is 36.2 Å². The first-order valence-electron chi connectivity index (χ1n) is 6.35. The molecule has 5 nitrogen and oxygen atoms in total. The van der Waals surface area contributed by atoms with E-state index in [1.165, 1.54) is 0 Å². The van der Waals surface area contributed by atoms with Gasteiger partial charge >= 0.3 is 0 Å². The fourth-order valence-corrected chi connectivity index (χ4v) is 2.00. The van der Waals surface area contributed by atoms with Crippen molar-refractivity contribution in [3.05, 3.63) is 35.4 Å². The molecule has 5 heteroatoms. The van der Waals surface area contributed by atoms with Crippen molar-refractivity contribution in [2.75, 3.05) is 33.4 Å². The van der Waals surface area contributed by atoms with Gasteiger partial charge < -0.3 is 19.5 Å². The van der Waals surface area contributed by atoms with E-state index in [1.807, 2.05) is 0 Å². The highest BCUT2D eigenvalue weighted by Gasteiger charge is 2.20. The predicted octanol–water partition coefficient (Wildman–Crippen LogP) is 0.666. The summed E-state index contributed by atoms with van der Waals surface area (Å²) in [5.74, 6) is -0.0568. The monoisotopic (exact) mass is 265 g/mol. The van der Waals surface area contributed by atoms with Crippen molar-refractivity contribution in [1.29, 1.82) is 0 Å². The van der Waals surface area contributed by atoms with Crippen LogP contribution in [-0.2, 0) is 16.1 Å². The third kappa shape index (κ3) is 3.76. The van der Waals surface area contributed by atoms with Crippen molar-refractivity contribution in [1.82, 2.24) is 4.90 Å². The maximum atomic E-state index is 12.2. The molecule has 0 radical (unpaired) electrons. The maximum Gasteiger partial charge on any atom is 0.253 e. The topological polar surface area (TPSA) is 59.0 Å². The fourth-order valence-electron chi connectivity index (χ4n) is 2.00.